The summed E-state index contributed by atoms with van der Waals surface area (Å²) in [5.41, 5.74) is 0. The van der Waals surface area contributed by atoms with Crippen LogP contribution < -0.4 is 0 Å². The summed E-state index contributed by atoms with van der Waals surface area (Å²) in [6, 6.07) is 21.2. The monoisotopic (exact) mass is 291 g/mol. The van der Waals surface area contributed by atoms with Crippen LogP contribution in [0.1, 0.15) is 0 Å². The zero-order valence-electron chi connectivity index (χ0n) is 8.54. The topological polar surface area (TPSA) is 20.2 Å². The minimum Gasteiger partial charge on any atom is -0.508 e. The summed E-state index contributed by atoms with van der Waals surface area (Å²) >= 11 is 0. The second kappa shape index (κ2) is 14.5. The second-order valence-corrected chi connectivity index (χ2v) is 2.41. The van der Waals surface area contributed by atoms with Crippen molar-refractivity contribution >= 4 is 24.8 Å². The summed E-state index contributed by atoms with van der Waals surface area (Å²) in [4.78, 5) is 0. The summed E-state index contributed by atoms with van der Waals surface area (Å²) in [7, 11) is 0. The summed E-state index contributed by atoms with van der Waals surface area (Å²) in [6.45, 7) is 0. The first-order valence-electron chi connectivity index (χ1n) is 4.04. The molecule has 0 aromatic heterocycles. The van der Waals surface area contributed by atoms with Gasteiger partial charge in [-0.1, -0.05) is 18.2 Å². The fourth-order valence-corrected chi connectivity index (χ4v) is 0.770. The zero-order chi connectivity index (χ0) is 9.36. The van der Waals surface area contributed by atoms with E-state index in [9.17, 15) is 0 Å². The molecule has 0 amide bonds. The predicted molar refractivity (Wildman–Crippen MR) is 67.9 cm³/mol. The van der Waals surface area contributed by atoms with Gasteiger partial charge in [0.1, 0.15) is 5.75 Å². The summed E-state index contributed by atoms with van der Waals surface area (Å²) < 4.78 is 0. The molecule has 0 spiro atoms. The Morgan fingerprint density at radius 1 is 0.750 bits per heavy atom. The molecule has 0 saturated carbocycles. The molecule has 2 rings (SSSR count). The van der Waals surface area contributed by atoms with Gasteiger partial charge >= 0.3 is 0 Å². The number of aromatic hydroxyl groups is 1. The number of para-hydroxylation sites is 1. The molecule has 0 atom stereocenters. The van der Waals surface area contributed by atoms with Crippen LogP contribution in [0.25, 0.3) is 0 Å². The van der Waals surface area contributed by atoms with E-state index in [1.54, 1.807) is 24.3 Å². The van der Waals surface area contributed by atoms with Crippen molar-refractivity contribution in [1.82, 2.24) is 0 Å². The maximum Gasteiger partial charge on any atom is 0.115 e. The van der Waals surface area contributed by atoms with E-state index >= 15 is 0 Å². The van der Waals surface area contributed by atoms with Crippen LogP contribution in [0, 0.1) is 6.07 Å². The third-order valence-electron chi connectivity index (χ3n) is 1.36. The Morgan fingerprint density at radius 3 is 1.38 bits per heavy atom. The maximum atomic E-state index is 8.63. The van der Waals surface area contributed by atoms with Gasteiger partial charge in [0.25, 0.3) is 0 Å². The normalized spacial score (nSPS) is 6.75. The molecule has 0 aliphatic heterocycles. The van der Waals surface area contributed by atoms with E-state index < -0.39 is 0 Å². The Bertz CT molecular complexity index is 290. The summed E-state index contributed by atoms with van der Waals surface area (Å²) in [5, 5.41) is 8.63. The Hall–Kier alpha value is -0.466. The Kier molecular flexibility index (Phi) is 19.0. The number of benzene rings is 2. The van der Waals surface area contributed by atoms with Crippen LogP contribution >= 0.6 is 24.8 Å². The molecule has 1 N–H and O–H groups in total. The zero-order valence-corrected chi connectivity index (χ0v) is 11.7. The quantitative estimate of drug-likeness (QED) is 0.579. The van der Waals surface area contributed by atoms with E-state index in [2.05, 4.69) is 6.07 Å². The molecule has 2 aromatic rings. The molecule has 0 aliphatic rings. The smallest absolute Gasteiger partial charge is 0.115 e. The van der Waals surface area contributed by atoms with Gasteiger partial charge in [0, 0.05) is 21.7 Å². The Labute approximate surface area is 124 Å². The van der Waals surface area contributed by atoms with Crippen LogP contribution in [-0.4, -0.2) is 5.11 Å². The van der Waals surface area contributed by atoms with Gasteiger partial charge in [0.2, 0.25) is 0 Å². The van der Waals surface area contributed by atoms with Crippen molar-refractivity contribution in [2.75, 3.05) is 0 Å². The largest absolute Gasteiger partial charge is 0.508 e. The van der Waals surface area contributed by atoms with Crippen LogP contribution in [0.5, 0.6) is 5.75 Å². The number of rotatable bonds is 0. The fourth-order valence-electron chi connectivity index (χ4n) is 0.770. The van der Waals surface area contributed by atoms with Crippen molar-refractivity contribution in [1.29, 1.82) is 0 Å². The molecule has 0 bridgehead atoms. The van der Waals surface area contributed by atoms with E-state index in [0.717, 1.165) is 0 Å². The van der Waals surface area contributed by atoms with Crippen LogP contribution in [0.2, 0.25) is 0 Å². The van der Waals surface area contributed by atoms with E-state index in [1.807, 2.05) is 36.4 Å². The molecular formula is C12H13Cl2OTi-. The van der Waals surface area contributed by atoms with Crippen molar-refractivity contribution in [3.63, 3.8) is 0 Å². The Balaban J connectivity index is -0.000000179. The van der Waals surface area contributed by atoms with Crippen molar-refractivity contribution in [2.24, 2.45) is 0 Å². The van der Waals surface area contributed by atoms with Gasteiger partial charge in [-0.3, -0.25) is 0 Å². The maximum absolute atomic E-state index is 8.63. The molecule has 2 aromatic carbocycles. The molecular weight excluding hydrogens is 279 g/mol. The van der Waals surface area contributed by atoms with Crippen LogP contribution in [0.4, 0.5) is 0 Å². The minimum atomic E-state index is 0. The first-order chi connectivity index (χ1) is 6.39. The summed E-state index contributed by atoms with van der Waals surface area (Å²) in [6.07, 6.45) is 0. The third-order valence-corrected chi connectivity index (χ3v) is 1.36. The van der Waals surface area contributed by atoms with E-state index in [0.29, 0.717) is 5.75 Å². The van der Waals surface area contributed by atoms with Gasteiger partial charge in [0.15, 0.2) is 0 Å². The molecule has 16 heavy (non-hydrogen) atoms. The van der Waals surface area contributed by atoms with Gasteiger partial charge in [-0.25, -0.2) is 0 Å². The standard InChI is InChI=1S/C6H6O.C6H5.2ClH.Ti/c7-6-4-2-1-3-5-6;1-2-4-6-5-3-1;;;/h1-5,7H;1-5H;2*1H;/q;-1;;;. The van der Waals surface area contributed by atoms with Crippen molar-refractivity contribution in [2.45, 2.75) is 0 Å². The molecule has 0 fully saturated rings. The van der Waals surface area contributed by atoms with Crippen molar-refractivity contribution in [3.8, 4) is 5.75 Å². The van der Waals surface area contributed by atoms with Crippen LogP contribution in [0.3, 0.4) is 0 Å². The molecule has 0 unspecified atom stereocenters. The van der Waals surface area contributed by atoms with Crippen molar-refractivity contribution < 1.29 is 26.8 Å². The SMILES string of the molecule is Cl.Cl.Oc1ccccc1.[Ti].[c-]1ccccc1. The molecule has 0 saturated heterocycles. The van der Waals surface area contributed by atoms with Gasteiger partial charge in [-0.05, 0) is 12.1 Å². The molecule has 0 aliphatic carbocycles. The van der Waals surface area contributed by atoms with Gasteiger partial charge in [0.05, 0.1) is 0 Å². The van der Waals surface area contributed by atoms with E-state index in [1.165, 1.54) is 0 Å². The summed E-state index contributed by atoms with van der Waals surface area (Å²) in [5.74, 6) is 0.322. The van der Waals surface area contributed by atoms with E-state index in [-0.39, 0.29) is 46.5 Å². The minimum absolute atomic E-state index is 0. The average molecular weight is 292 g/mol. The Morgan fingerprint density at radius 2 is 1.19 bits per heavy atom. The van der Waals surface area contributed by atoms with E-state index in [4.69, 9.17) is 5.11 Å². The van der Waals surface area contributed by atoms with Gasteiger partial charge < -0.3 is 5.11 Å². The number of halogens is 2. The number of phenolic OH excluding ortho intramolecular Hbond substituents is 1. The first-order valence-corrected chi connectivity index (χ1v) is 4.04. The van der Waals surface area contributed by atoms with Crippen molar-refractivity contribution in [3.05, 3.63) is 66.7 Å². The third kappa shape index (κ3) is 11.6. The molecule has 86 valence electrons. The predicted octanol–water partition coefficient (Wildman–Crippen LogP) is 3.72. The fraction of sp³-hybridized carbons (Fsp3) is 0. The first kappa shape index (κ1) is 20.9. The average Bonchev–Trinajstić information content (AvgIpc) is 2.22. The second-order valence-electron chi connectivity index (χ2n) is 2.41. The van der Waals surface area contributed by atoms with Gasteiger partial charge in [-0.15, -0.1) is 24.8 Å². The molecule has 0 radical (unpaired) electrons. The number of phenols is 1. The molecule has 0 heterocycles. The molecule has 1 nitrogen and oxygen atoms in total. The number of hydrogen-bond donors (Lipinski definition) is 1. The number of hydrogen-bond acceptors (Lipinski definition) is 1. The van der Waals surface area contributed by atoms with Crippen LogP contribution in [0.15, 0.2) is 60.7 Å². The van der Waals surface area contributed by atoms with Crippen LogP contribution in [-0.2, 0) is 21.7 Å². The van der Waals surface area contributed by atoms with Gasteiger partial charge in [-0.2, -0.15) is 36.4 Å². The molecule has 4 heteroatoms.